The molecule has 0 saturated carbocycles. The predicted molar refractivity (Wildman–Crippen MR) is 77.6 cm³/mol. The van der Waals surface area contributed by atoms with Crippen molar-refractivity contribution >= 4 is 21.3 Å². The Morgan fingerprint density at radius 3 is 3.00 bits per heavy atom. The summed E-state index contributed by atoms with van der Waals surface area (Å²) in [5.74, 6) is 0.0220. The van der Waals surface area contributed by atoms with Crippen LogP contribution in [0.4, 0.5) is 0 Å². The number of hydrogen-bond donors (Lipinski definition) is 1. The van der Waals surface area contributed by atoms with E-state index in [2.05, 4.69) is 18.7 Å². The Labute approximate surface area is 122 Å². The van der Waals surface area contributed by atoms with Crippen molar-refractivity contribution in [3.8, 4) is 0 Å². The van der Waals surface area contributed by atoms with Gasteiger partial charge in [-0.3, -0.25) is 4.18 Å². The highest BCUT2D eigenvalue weighted by atomic mass is 32.2. The van der Waals surface area contributed by atoms with Gasteiger partial charge in [0.2, 0.25) is 0 Å². The van der Waals surface area contributed by atoms with Crippen LogP contribution in [-0.2, 0) is 14.5 Å². The fraction of sp³-hybridized carbons (Fsp3) is 0.385. The van der Waals surface area contributed by atoms with Gasteiger partial charge in [-0.05, 0) is 19.4 Å². The topological polar surface area (TPSA) is 100 Å². The Balaban J connectivity index is 1.77. The second kappa shape index (κ2) is 5.21. The minimum absolute atomic E-state index is 0.0220. The fourth-order valence-corrected chi connectivity index (χ4v) is 2.99. The van der Waals surface area contributed by atoms with Gasteiger partial charge in [-0.25, -0.2) is 15.1 Å². The van der Waals surface area contributed by atoms with Gasteiger partial charge < -0.3 is 4.57 Å². The third-order valence-corrected chi connectivity index (χ3v) is 4.13. The molecule has 2 heterocycles. The molecule has 8 heteroatoms. The summed E-state index contributed by atoms with van der Waals surface area (Å²) >= 11 is 0. The van der Waals surface area contributed by atoms with Gasteiger partial charge in [0, 0.05) is 17.5 Å². The van der Waals surface area contributed by atoms with Crippen molar-refractivity contribution < 1.29 is 12.6 Å². The number of allylic oxidation sites excluding steroid dienone is 1. The van der Waals surface area contributed by atoms with Gasteiger partial charge in [0.1, 0.15) is 12.0 Å². The quantitative estimate of drug-likeness (QED) is 0.852. The molecule has 0 aromatic carbocycles. The lowest BCUT2D eigenvalue weighted by molar-refractivity contribution is 0.271. The average Bonchev–Trinajstić information content (AvgIpc) is 3.02. The lowest BCUT2D eigenvalue weighted by atomic mass is 10.1. The van der Waals surface area contributed by atoms with E-state index < -0.39 is 10.3 Å². The van der Waals surface area contributed by atoms with Crippen molar-refractivity contribution in [2.75, 3.05) is 6.61 Å². The molecule has 0 spiro atoms. The molecular formula is C13H16N4O3S. The maximum absolute atomic E-state index is 10.8. The highest BCUT2D eigenvalue weighted by molar-refractivity contribution is 7.84. The van der Waals surface area contributed by atoms with Gasteiger partial charge in [-0.2, -0.15) is 8.42 Å². The van der Waals surface area contributed by atoms with Gasteiger partial charge in [0.15, 0.2) is 0 Å². The normalized spacial score (nSPS) is 22.2. The molecule has 2 N–H and O–H groups in total. The Morgan fingerprint density at radius 2 is 2.24 bits per heavy atom. The predicted octanol–water partition coefficient (Wildman–Crippen LogP) is 1.08. The minimum Gasteiger partial charge on any atom is -0.325 e. The number of fused-ring (bicyclic) bond motifs is 1. The van der Waals surface area contributed by atoms with E-state index in [1.54, 1.807) is 6.33 Å². The first-order chi connectivity index (χ1) is 9.94. The van der Waals surface area contributed by atoms with Crippen molar-refractivity contribution in [2.24, 2.45) is 11.1 Å². The van der Waals surface area contributed by atoms with E-state index in [4.69, 9.17) is 5.14 Å². The molecule has 2 aromatic heterocycles. The summed E-state index contributed by atoms with van der Waals surface area (Å²) in [5.41, 5.74) is 1.82. The van der Waals surface area contributed by atoms with Crippen molar-refractivity contribution in [1.29, 1.82) is 0 Å². The molecular weight excluding hydrogens is 292 g/mol. The molecule has 2 aromatic rings. The highest BCUT2D eigenvalue weighted by Gasteiger charge is 2.23. The highest BCUT2D eigenvalue weighted by Crippen LogP contribution is 2.31. The largest absolute Gasteiger partial charge is 0.333 e. The molecule has 0 bridgehead atoms. The molecule has 2 atom stereocenters. The summed E-state index contributed by atoms with van der Waals surface area (Å²) in [6.07, 6.45) is 8.27. The fourth-order valence-electron chi connectivity index (χ4n) is 2.63. The van der Waals surface area contributed by atoms with Crippen molar-refractivity contribution in [3.05, 3.63) is 36.4 Å². The molecule has 7 nitrogen and oxygen atoms in total. The van der Waals surface area contributed by atoms with Crippen LogP contribution in [0.15, 0.2) is 30.7 Å². The number of nitrogens with zero attached hydrogens (tertiary/aromatic N) is 3. The van der Waals surface area contributed by atoms with Crippen LogP contribution < -0.4 is 5.14 Å². The summed E-state index contributed by atoms with van der Waals surface area (Å²) < 4.78 is 28.4. The second-order valence-electron chi connectivity index (χ2n) is 5.14. The average molecular weight is 308 g/mol. The van der Waals surface area contributed by atoms with Crippen molar-refractivity contribution in [1.82, 2.24) is 14.5 Å². The summed E-state index contributed by atoms with van der Waals surface area (Å²) in [6, 6.07) is 2.12. The molecule has 0 unspecified atom stereocenters. The number of nitrogens with two attached hydrogens (primary N) is 1. The third-order valence-electron chi connectivity index (χ3n) is 3.66. The first-order valence-corrected chi connectivity index (χ1v) is 8.05. The van der Waals surface area contributed by atoms with E-state index in [1.807, 2.05) is 31.3 Å². The van der Waals surface area contributed by atoms with Crippen molar-refractivity contribution in [2.45, 2.75) is 19.4 Å². The molecule has 0 aliphatic heterocycles. The standard InChI is InChI=1S/C13H16N4O3S/c1-9-12-4-5-17(13(12)16-8-15-9)11-3-2-10(6-11)7-20-21(14,18)19/h2-5,8,10-11H,6-7H2,1H3,(H2,14,18,19)/t10-,11-/m0/s1. The number of aromatic nitrogens is 3. The molecule has 112 valence electrons. The van der Waals surface area contributed by atoms with Gasteiger partial charge in [0.25, 0.3) is 0 Å². The second-order valence-corrected chi connectivity index (χ2v) is 6.37. The van der Waals surface area contributed by atoms with Crippen LogP contribution in [0.5, 0.6) is 0 Å². The Bertz CT molecular complexity index is 797. The molecule has 21 heavy (non-hydrogen) atoms. The number of aryl methyl sites for hydroxylation is 1. The first-order valence-electron chi connectivity index (χ1n) is 6.57. The van der Waals surface area contributed by atoms with Crippen LogP contribution in [0.25, 0.3) is 11.0 Å². The van der Waals surface area contributed by atoms with Crippen LogP contribution in [0.3, 0.4) is 0 Å². The molecule has 0 fully saturated rings. The number of hydrogen-bond acceptors (Lipinski definition) is 5. The lowest BCUT2D eigenvalue weighted by Gasteiger charge is -2.14. The van der Waals surface area contributed by atoms with Gasteiger partial charge in [-0.1, -0.05) is 12.2 Å². The monoisotopic (exact) mass is 308 g/mol. The SMILES string of the molecule is Cc1ncnc2c1ccn2[C@H]1C=C[C@H](COS(N)(=O)=O)C1. The lowest BCUT2D eigenvalue weighted by Crippen LogP contribution is -2.19. The van der Waals surface area contributed by atoms with E-state index in [0.717, 1.165) is 23.1 Å². The van der Waals surface area contributed by atoms with Crippen LogP contribution >= 0.6 is 0 Å². The van der Waals surface area contributed by atoms with E-state index in [0.29, 0.717) is 0 Å². The Kier molecular flexibility index (Phi) is 3.52. The van der Waals surface area contributed by atoms with E-state index >= 15 is 0 Å². The van der Waals surface area contributed by atoms with E-state index in [-0.39, 0.29) is 18.6 Å². The van der Waals surface area contributed by atoms with Crippen LogP contribution in [0.1, 0.15) is 18.2 Å². The smallest absolute Gasteiger partial charge is 0.325 e. The molecule has 1 aliphatic carbocycles. The molecule has 3 rings (SSSR count). The van der Waals surface area contributed by atoms with Crippen molar-refractivity contribution in [3.63, 3.8) is 0 Å². The third kappa shape index (κ3) is 2.97. The summed E-state index contributed by atoms with van der Waals surface area (Å²) in [7, 11) is -3.88. The summed E-state index contributed by atoms with van der Waals surface area (Å²) in [5, 5.41) is 5.86. The zero-order valence-electron chi connectivity index (χ0n) is 11.5. The summed E-state index contributed by atoms with van der Waals surface area (Å²) in [4.78, 5) is 8.50. The molecule has 0 radical (unpaired) electrons. The van der Waals surface area contributed by atoms with Crippen LogP contribution in [-0.4, -0.2) is 29.6 Å². The maximum Gasteiger partial charge on any atom is 0.333 e. The first kappa shape index (κ1) is 14.2. The Morgan fingerprint density at radius 1 is 1.43 bits per heavy atom. The van der Waals surface area contributed by atoms with Gasteiger partial charge in [-0.15, -0.1) is 0 Å². The zero-order chi connectivity index (χ0) is 15.0. The van der Waals surface area contributed by atoms with Crippen LogP contribution in [0.2, 0.25) is 0 Å². The van der Waals surface area contributed by atoms with E-state index in [9.17, 15) is 8.42 Å². The maximum atomic E-state index is 10.8. The Hall–Kier alpha value is -1.77. The molecule has 0 amide bonds. The van der Waals surface area contributed by atoms with Gasteiger partial charge in [0.05, 0.1) is 18.3 Å². The number of rotatable bonds is 4. The molecule has 1 aliphatic rings. The van der Waals surface area contributed by atoms with E-state index in [1.165, 1.54) is 0 Å². The zero-order valence-corrected chi connectivity index (χ0v) is 12.3. The van der Waals surface area contributed by atoms with Crippen LogP contribution in [0, 0.1) is 12.8 Å². The summed E-state index contributed by atoms with van der Waals surface area (Å²) in [6.45, 7) is 2.01. The molecule has 0 saturated heterocycles. The van der Waals surface area contributed by atoms with Gasteiger partial charge >= 0.3 is 10.3 Å². The minimum atomic E-state index is -3.88.